The molecule has 0 saturated carbocycles. The third-order valence-electron chi connectivity index (χ3n) is 3.20. The molecule has 1 aromatic rings. The minimum atomic E-state index is -1.01. The number of carboxylic acids is 1. The molecule has 0 spiro atoms. The number of nitrogens with one attached hydrogen (secondary N) is 1. The maximum atomic E-state index is 12.2. The van der Waals surface area contributed by atoms with Crippen LogP contribution >= 0.6 is 11.8 Å². The van der Waals surface area contributed by atoms with Gasteiger partial charge < -0.3 is 15.2 Å². The highest BCUT2D eigenvalue weighted by Crippen LogP contribution is 2.29. The lowest BCUT2D eigenvalue weighted by molar-refractivity contribution is -0.131. The molecule has 1 unspecified atom stereocenters. The van der Waals surface area contributed by atoms with Crippen molar-refractivity contribution in [1.29, 1.82) is 0 Å². The van der Waals surface area contributed by atoms with Crippen LogP contribution in [-0.2, 0) is 9.59 Å². The lowest BCUT2D eigenvalue weighted by Crippen LogP contribution is -2.22. The fourth-order valence-electron chi connectivity index (χ4n) is 2.07. The number of rotatable bonds is 5. The van der Waals surface area contributed by atoms with Crippen molar-refractivity contribution in [3.63, 3.8) is 0 Å². The molecule has 0 radical (unpaired) electrons. The van der Waals surface area contributed by atoms with Crippen molar-refractivity contribution in [2.75, 3.05) is 23.9 Å². The Labute approximate surface area is 127 Å². The largest absolute Gasteiger partial charge is 0.495 e. The number of ether oxygens (including phenoxy) is 1. The number of amides is 1. The van der Waals surface area contributed by atoms with Crippen molar-refractivity contribution < 1.29 is 19.4 Å². The fourth-order valence-corrected chi connectivity index (χ4v) is 3.29. The van der Waals surface area contributed by atoms with Crippen LogP contribution < -0.4 is 10.1 Å². The van der Waals surface area contributed by atoms with Gasteiger partial charge in [-0.05, 0) is 35.9 Å². The van der Waals surface area contributed by atoms with E-state index in [0.29, 0.717) is 17.0 Å². The zero-order chi connectivity index (χ0) is 15.2. The summed E-state index contributed by atoms with van der Waals surface area (Å²) in [7, 11) is 1.53. The molecule has 112 valence electrons. The van der Waals surface area contributed by atoms with Gasteiger partial charge >= 0.3 is 5.97 Å². The number of anilines is 1. The number of hydrogen-bond acceptors (Lipinski definition) is 4. The molecular weight excluding hydrogens is 290 g/mol. The fraction of sp³-hybridized carbons (Fsp3) is 0.333. The van der Waals surface area contributed by atoms with Crippen molar-refractivity contribution in [2.24, 2.45) is 5.92 Å². The maximum Gasteiger partial charge on any atom is 0.328 e. The first kappa shape index (κ1) is 15.4. The molecule has 5 nitrogen and oxygen atoms in total. The first-order valence-corrected chi connectivity index (χ1v) is 7.73. The molecule has 1 aromatic carbocycles. The second kappa shape index (κ2) is 7.17. The summed E-state index contributed by atoms with van der Waals surface area (Å²) in [6.45, 7) is 0. The van der Waals surface area contributed by atoms with E-state index in [0.717, 1.165) is 24.0 Å². The van der Waals surface area contributed by atoms with Crippen LogP contribution in [0.15, 0.2) is 24.3 Å². The first-order chi connectivity index (χ1) is 10.1. The average molecular weight is 307 g/mol. The number of aliphatic carboxylic acids is 1. The number of carboxylic acid groups (broad SMARTS) is 1. The van der Waals surface area contributed by atoms with Crippen molar-refractivity contribution in [2.45, 2.75) is 6.42 Å². The predicted molar refractivity (Wildman–Crippen MR) is 83.7 cm³/mol. The predicted octanol–water partition coefficient (Wildman–Crippen LogP) is 2.48. The van der Waals surface area contributed by atoms with E-state index in [1.165, 1.54) is 13.2 Å². The number of carbonyl (C=O) groups is 2. The zero-order valence-electron chi connectivity index (χ0n) is 11.7. The summed E-state index contributed by atoms with van der Waals surface area (Å²) in [5.74, 6) is 1.40. The van der Waals surface area contributed by atoms with Crippen molar-refractivity contribution >= 4 is 35.4 Å². The molecule has 0 aliphatic carbocycles. The molecule has 2 N–H and O–H groups in total. The molecule has 1 aliphatic heterocycles. The Morgan fingerprint density at radius 3 is 2.90 bits per heavy atom. The SMILES string of the molecule is COc1ccc(C=CC(=O)O)cc1NC(=O)C1CCSC1. The Morgan fingerprint density at radius 2 is 2.29 bits per heavy atom. The number of benzene rings is 1. The Bertz CT molecular complexity index is 565. The van der Waals surface area contributed by atoms with E-state index < -0.39 is 5.97 Å². The summed E-state index contributed by atoms with van der Waals surface area (Å²) in [6.07, 6.45) is 3.42. The minimum absolute atomic E-state index is 0.0161. The summed E-state index contributed by atoms with van der Waals surface area (Å²) in [5, 5.41) is 11.5. The van der Waals surface area contributed by atoms with E-state index >= 15 is 0 Å². The normalized spacial score (nSPS) is 17.9. The van der Waals surface area contributed by atoms with Crippen LogP contribution in [0.3, 0.4) is 0 Å². The number of methoxy groups -OCH3 is 1. The van der Waals surface area contributed by atoms with Gasteiger partial charge in [0.25, 0.3) is 0 Å². The van der Waals surface area contributed by atoms with Crippen molar-refractivity contribution in [1.82, 2.24) is 0 Å². The summed E-state index contributed by atoms with van der Waals surface area (Å²) in [5.41, 5.74) is 1.25. The molecule has 1 amide bonds. The third kappa shape index (κ3) is 4.26. The highest BCUT2D eigenvalue weighted by Gasteiger charge is 2.23. The van der Waals surface area contributed by atoms with Gasteiger partial charge in [-0.1, -0.05) is 6.07 Å². The van der Waals surface area contributed by atoms with Gasteiger partial charge in [-0.2, -0.15) is 11.8 Å². The number of hydrogen-bond donors (Lipinski definition) is 2. The molecule has 21 heavy (non-hydrogen) atoms. The van der Waals surface area contributed by atoms with Gasteiger partial charge in [-0.3, -0.25) is 4.79 Å². The van der Waals surface area contributed by atoms with Gasteiger partial charge in [0.15, 0.2) is 0 Å². The molecule has 0 bridgehead atoms. The van der Waals surface area contributed by atoms with Crippen LogP contribution in [0.25, 0.3) is 6.08 Å². The Balaban J connectivity index is 2.17. The standard InChI is InChI=1S/C15H17NO4S/c1-20-13-4-2-10(3-5-14(17)18)8-12(13)16-15(19)11-6-7-21-9-11/h2-5,8,11H,6-7,9H2,1H3,(H,16,19)(H,17,18). The van der Waals surface area contributed by atoms with Crippen LogP contribution in [0.5, 0.6) is 5.75 Å². The van der Waals surface area contributed by atoms with Gasteiger partial charge in [0.2, 0.25) is 5.91 Å². The van der Waals surface area contributed by atoms with Crippen LogP contribution in [0, 0.1) is 5.92 Å². The number of thioether (sulfide) groups is 1. The van der Waals surface area contributed by atoms with Gasteiger partial charge in [0.1, 0.15) is 5.75 Å². The van der Waals surface area contributed by atoms with Gasteiger partial charge in [0, 0.05) is 17.7 Å². The summed E-state index contributed by atoms with van der Waals surface area (Å²) in [6, 6.07) is 5.15. The quantitative estimate of drug-likeness (QED) is 0.817. The molecule has 0 aromatic heterocycles. The molecule has 1 saturated heterocycles. The highest BCUT2D eigenvalue weighted by molar-refractivity contribution is 7.99. The van der Waals surface area contributed by atoms with Gasteiger partial charge in [-0.15, -0.1) is 0 Å². The van der Waals surface area contributed by atoms with Crippen LogP contribution in [0.2, 0.25) is 0 Å². The molecule has 1 aliphatic rings. The Hall–Kier alpha value is -1.95. The van der Waals surface area contributed by atoms with E-state index in [-0.39, 0.29) is 11.8 Å². The molecule has 2 rings (SSSR count). The second-order valence-electron chi connectivity index (χ2n) is 4.68. The highest BCUT2D eigenvalue weighted by atomic mass is 32.2. The Kier molecular flexibility index (Phi) is 5.27. The van der Waals surface area contributed by atoms with Crippen LogP contribution in [0.1, 0.15) is 12.0 Å². The monoisotopic (exact) mass is 307 g/mol. The molecule has 6 heteroatoms. The number of carbonyl (C=O) groups excluding carboxylic acids is 1. The van der Waals surface area contributed by atoms with E-state index in [1.807, 2.05) is 0 Å². The lowest BCUT2D eigenvalue weighted by atomic mass is 10.1. The molecule has 1 fully saturated rings. The van der Waals surface area contributed by atoms with E-state index in [4.69, 9.17) is 9.84 Å². The topological polar surface area (TPSA) is 75.6 Å². The Morgan fingerprint density at radius 1 is 1.48 bits per heavy atom. The zero-order valence-corrected chi connectivity index (χ0v) is 12.5. The van der Waals surface area contributed by atoms with Crippen molar-refractivity contribution in [3.8, 4) is 5.75 Å². The lowest BCUT2D eigenvalue weighted by Gasteiger charge is -2.13. The van der Waals surface area contributed by atoms with Gasteiger partial charge in [-0.25, -0.2) is 4.79 Å². The first-order valence-electron chi connectivity index (χ1n) is 6.58. The van der Waals surface area contributed by atoms with Crippen molar-refractivity contribution in [3.05, 3.63) is 29.8 Å². The minimum Gasteiger partial charge on any atom is -0.495 e. The smallest absolute Gasteiger partial charge is 0.328 e. The second-order valence-corrected chi connectivity index (χ2v) is 5.83. The van der Waals surface area contributed by atoms with Crippen LogP contribution in [-0.4, -0.2) is 35.6 Å². The molecular formula is C15H17NO4S. The molecule has 1 atom stereocenters. The van der Waals surface area contributed by atoms with Gasteiger partial charge in [0.05, 0.1) is 12.8 Å². The third-order valence-corrected chi connectivity index (χ3v) is 4.36. The summed E-state index contributed by atoms with van der Waals surface area (Å²) in [4.78, 5) is 22.7. The van der Waals surface area contributed by atoms with E-state index in [1.54, 1.807) is 30.0 Å². The van der Waals surface area contributed by atoms with E-state index in [9.17, 15) is 9.59 Å². The maximum absolute atomic E-state index is 12.2. The summed E-state index contributed by atoms with van der Waals surface area (Å²) < 4.78 is 5.23. The van der Waals surface area contributed by atoms with E-state index in [2.05, 4.69) is 5.32 Å². The van der Waals surface area contributed by atoms with Crippen LogP contribution in [0.4, 0.5) is 5.69 Å². The summed E-state index contributed by atoms with van der Waals surface area (Å²) >= 11 is 1.78. The molecule has 1 heterocycles. The average Bonchev–Trinajstić information content (AvgIpc) is 2.99.